The number of aromatic nitrogens is 2. The first-order chi connectivity index (χ1) is 9.64. The Morgan fingerprint density at radius 3 is 2.55 bits per heavy atom. The number of amides is 1. The molecule has 0 saturated carbocycles. The third kappa shape index (κ3) is 2.92. The number of anilines is 1. The summed E-state index contributed by atoms with van der Waals surface area (Å²) >= 11 is 0. The van der Waals surface area contributed by atoms with Gasteiger partial charge in [-0.3, -0.25) is 4.79 Å². The van der Waals surface area contributed by atoms with E-state index in [-0.39, 0.29) is 5.91 Å². The molecule has 0 atom stereocenters. The van der Waals surface area contributed by atoms with Gasteiger partial charge in [0.2, 0.25) is 0 Å². The lowest BCUT2D eigenvalue weighted by Gasteiger charge is -2.26. The summed E-state index contributed by atoms with van der Waals surface area (Å²) < 4.78 is 0. The van der Waals surface area contributed by atoms with Gasteiger partial charge in [-0.25, -0.2) is 9.97 Å². The van der Waals surface area contributed by atoms with Crippen molar-refractivity contribution in [3.63, 3.8) is 0 Å². The topological polar surface area (TPSA) is 58.1 Å². The Hall–Kier alpha value is -1.65. The van der Waals surface area contributed by atoms with Crippen molar-refractivity contribution in [2.24, 2.45) is 5.41 Å². The van der Waals surface area contributed by atoms with Gasteiger partial charge in [0.1, 0.15) is 11.5 Å². The Morgan fingerprint density at radius 2 is 2.05 bits per heavy atom. The maximum atomic E-state index is 12.4. The van der Waals surface area contributed by atoms with Crippen LogP contribution in [0.15, 0.2) is 12.4 Å². The molecule has 1 amide bonds. The van der Waals surface area contributed by atoms with E-state index in [2.05, 4.69) is 29.1 Å². The van der Waals surface area contributed by atoms with Crippen LogP contribution in [0.5, 0.6) is 0 Å². The van der Waals surface area contributed by atoms with Gasteiger partial charge in [-0.05, 0) is 31.6 Å². The molecule has 1 aliphatic rings. The van der Waals surface area contributed by atoms with Crippen molar-refractivity contribution in [1.82, 2.24) is 14.9 Å². The molecule has 0 radical (unpaired) electrons. The van der Waals surface area contributed by atoms with Crippen LogP contribution in [0.2, 0.25) is 0 Å². The summed E-state index contributed by atoms with van der Waals surface area (Å²) in [5, 5.41) is 3.08. The summed E-state index contributed by atoms with van der Waals surface area (Å²) in [5.74, 6) is 0.714. The fourth-order valence-electron chi connectivity index (χ4n) is 2.81. The molecule has 110 valence electrons. The number of nitrogens with zero attached hydrogens (tertiary/aromatic N) is 3. The number of hydrogen-bond acceptors (Lipinski definition) is 4. The standard InChI is InChI=1S/C15H24N4O/c1-4-15(5-2)7-8-19(11-15)14(20)12-9-18-13(10-17-12)16-6-3/h9-10H,4-8,11H2,1-3H3,(H,16,18). The van der Waals surface area contributed by atoms with Gasteiger partial charge in [0, 0.05) is 19.6 Å². The smallest absolute Gasteiger partial charge is 0.274 e. The number of carbonyl (C=O) groups excluding carboxylic acids is 1. The minimum atomic E-state index is 0.00400. The molecule has 1 aliphatic heterocycles. The van der Waals surface area contributed by atoms with Crippen molar-refractivity contribution >= 4 is 11.7 Å². The van der Waals surface area contributed by atoms with Crippen molar-refractivity contribution in [3.05, 3.63) is 18.1 Å². The predicted octanol–water partition coefficient (Wildman–Crippen LogP) is 2.56. The van der Waals surface area contributed by atoms with Gasteiger partial charge in [-0.1, -0.05) is 13.8 Å². The van der Waals surface area contributed by atoms with E-state index < -0.39 is 0 Å². The molecule has 0 aliphatic carbocycles. The molecule has 1 aromatic rings. The van der Waals surface area contributed by atoms with Crippen LogP contribution in [0.25, 0.3) is 0 Å². The van der Waals surface area contributed by atoms with E-state index >= 15 is 0 Å². The second-order valence-electron chi connectivity index (χ2n) is 5.50. The Balaban J connectivity index is 2.05. The second kappa shape index (κ2) is 6.20. The summed E-state index contributed by atoms with van der Waals surface area (Å²) in [5.41, 5.74) is 0.738. The molecule has 1 aromatic heterocycles. The van der Waals surface area contributed by atoms with Crippen LogP contribution in [0.4, 0.5) is 5.82 Å². The summed E-state index contributed by atoms with van der Waals surface area (Å²) in [6.45, 7) is 8.89. The summed E-state index contributed by atoms with van der Waals surface area (Å²) in [4.78, 5) is 22.8. The molecule has 2 heterocycles. The average molecular weight is 276 g/mol. The van der Waals surface area contributed by atoms with E-state index in [1.165, 1.54) is 0 Å². The van der Waals surface area contributed by atoms with E-state index in [9.17, 15) is 4.79 Å². The van der Waals surface area contributed by atoms with Crippen LogP contribution in [-0.4, -0.2) is 40.4 Å². The second-order valence-corrected chi connectivity index (χ2v) is 5.50. The van der Waals surface area contributed by atoms with E-state index in [1.807, 2.05) is 11.8 Å². The molecule has 0 bridgehead atoms. The van der Waals surface area contributed by atoms with E-state index in [0.29, 0.717) is 16.9 Å². The molecular formula is C15H24N4O. The van der Waals surface area contributed by atoms with Gasteiger partial charge in [0.05, 0.1) is 12.4 Å². The molecule has 1 N–H and O–H groups in total. The first kappa shape index (κ1) is 14.8. The van der Waals surface area contributed by atoms with Crippen molar-refractivity contribution in [3.8, 4) is 0 Å². The number of carbonyl (C=O) groups is 1. The summed E-state index contributed by atoms with van der Waals surface area (Å²) in [6, 6.07) is 0. The average Bonchev–Trinajstić information content (AvgIpc) is 2.93. The van der Waals surface area contributed by atoms with Crippen LogP contribution in [0.1, 0.15) is 50.5 Å². The van der Waals surface area contributed by atoms with Gasteiger partial charge in [0.25, 0.3) is 5.91 Å². The lowest BCUT2D eigenvalue weighted by atomic mass is 9.82. The lowest BCUT2D eigenvalue weighted by molar-refractivity contribution is 0.0763. The molecular weight excluding hydrogens is 252 g/mol. The fraction of sp³-hybridized carbons (Fsp3) is 0.667. The van der Waals surface area contributed by atoms with Crippen molar-refractivity contribution < 1.29 is 4.79 Å². The predicted molar refractivity (Wildman–Crippen MR) is 79.7 cm³/mol. The molecule has 0 aromatic carbocycles. The van der Waals surface area contributed by atoms with Gasteiger partial charge < -0.3 is 10.2 Å². The number of rotatable bonds is 5. The number of likely N-dealkylation sites (tertiary alicyclic amines) is 1. The maximum absolute atomic E-state index is 12.4. The fourth-order valence-corrected chi connectivity index (χ4v) is 2.81. The highest BCUT2D eigenvalue weighted by atomic mass is 16.2. The number of nitrogens with one attached hydrogen (secondary N) is 1. The molecule has 1 saturated heterocycles. The highest BCUT2D eigenvalue weighted by molar-refractivity contribution is 5.92. The van der Waals surface area contributed by atoms with E-state index in [4.69, 9.17) is 0 Å². The van der Waals surface area contributed by atoms with Crippen molar-refractivity contribution in [2.75, 3.05) is 25.0 Å². The summed E-state index contributed by atoms with van der Waals surface area (Å²) in [7, 11) is 0. The zero-order valence-electron chi connectivity index (χ0n) is 12.6. The Morgan fingerprint density at radius 1 is 1.30 bits per heavy atom. The maximum Gasteiger partial charge on any atom is 0.274 e. The first-order valence-corrected chi connectivity index (χ1v) is 7.49. The minimum Gasteiger partial charge on any atom is -0.369 e. The van der Waals surface area contributed by atoms with Gasteiger partial charge in [-0.15, -0.1) is 0 Å². The lowest BCUT2D eigenvalue weighted by Crippen LogP contribution is -2.32. The van der Waals surface area contributed by atoms with Crippen LogP contribution >= 0.6 is 0 Å². The van der Waals surface area contributed by atoms with E-state index in [0.717, 1.165) is 38.9 Å². The van der Waals surface area contributed by atoms with Crippen LogP contribution < -0.4 is 5.32 Å². The molecule has 20 heavy (non-hydrogen) atoms. The zero-order chi connectivity index (χ0) is 14.6. The highest BCUT2D eigenvalue weighted by Gasteiger charge is 2.37. The monoisotopic (exact) mass is 276 g/mol. The molecule has 1 fully saturated rings. The molecule has 5 heteroatoms. The first-order valence-electron chi connectivity index (χ1n) is 7.49. The molecule has 0 unspecified atom stereocenters. The van der Waals surface area contributed by atoms with Gasteiger partial charge in [-0.2, -0.15) is 0 Å². The van der Waals surface area contributed by atoms with Gasteiger partial charge in [0.15, 0.2) is 0 Å². The third-order valence-electron chi connectivity index (χ3n) is 4.45. The minimum absolute atomic E-state index is 0.00400. The Kier molecular flexibility index (Phi) is 4.57. The SMILES string of the molecule is CCNc1cnc(C(=O)N2CCC(CC)(CC)C2)cn1. The quantitative estimate of drug-likeness (QED) is 0.898. The number of hydrogen-bond donors (Lipinski definition) is 1. The summed E-state index contributed by atoms with van der Waals surface area (Å²) in [6.07, 6.45) is 6.53. The van der Waals surface area contributed by atoms with Crippen molar-refractivity contribution in [1.29, 1.82) is 0 Å². The Bertz CT molecular complexity index is 453. The van der Waals surface area contributed by atoms with Crippen LogP contribution in [0, 0.1) is 5.41 Å². The van der Waals surface area contributed by atoms with E-state index in [1.54, 1.807) is 12.4 Å². The normalized spacial score (nSPS) is 17.2. The molecule has 0 spiro atoms. The zero-order valence-corrected chi connectivity index (χ0v) is 12.6. The Labute approximate surface area is 120 Å². The molecule has 5 nitrogen and oxygen atoms in total. The van der Waals surface area contributed by atoms with Crippen molar-refractivity contribution in [2.45, 2.75) is 40.0 Å². The van der Waals surface area contributed by atoms with Crippen LogP contribution in [0.3, 0.4) is 0 Å². The van der Waals surface area contributed by atoms with Gasteiger partial charge >= 0.3 is 0 Å². The third-order valence-corrected chi connectivity index (χ3v) is 4.45. The van der Waals surface area contributed by atoms with Crippen LogP contribution in [-0.2, 0) is 0 Å². The highest BCUT2D eigenvalue weighted by Crippen LogP contribution is 2.37. The molecule has 2 rings (SSSR count). The largest absolute Gasteiger partial charge is 0.369 e.